The van der Waals surface area contributed by atoms with Crippen LogP contribution < -0.4 is 15.4 Å². The van der Waals surface area contributed by atoms with E-state index >= 15 is 0 Å². The molecule has 2 aromatic carbocycles. The summed E-state index contributed by atoms with van der Waals surface area (Å²) in [6.45, 7) is 4.41. The van der Waals surface area contributed by atoms with Crippen molar-refractivity contribution in [3.8, 4) is 5.75 Å². The zero-order valence-corrected chi connectivity index (χ0v) is 15.9. The first-order valence-corrected chi connectivity index (χ1v) is 9.65. The van der Waals surface area contributed by atoms with E-state index in [1.165, 1.54) is 11.8 Å². The van der Waals surface area contributed by atoms with Gasteiger partial charge < -0.3 is 15.4 Å². The fraction of sp³-hybridized carbons (Fsp3) is 0.300. The van der Waals surface area contributed by atoms with Crippen LogP contribution in [0.25, 0.3) is 0 Å². The van der Waals surface area contributed by atoms with Crippen LogP contribution in [0.5, 0.6) is 5.75 Å². The van der Waals surface area contributed by atoms with E-state index in [9.17, 15) is 9.59 Å². The van der Waals surface area contributed by atoms with Crippen LogP contribution in [0.3, 0.4) is 0 Å². The van der Waals surface area contributed by atoms with Crippen molar-refractivity contribution in [2.24, 2.45) is 0 Å². The van der Waals surface area contributed by atoms with E-state index in [1.54, 1.807) is 0 Å². The normalized spacial score (nSPS) is 10.2. The van der Waals surface area contributed by atoms with Crippen molar-refractivity contribution < 1.29 is 14.3 Å². The van der Waals surface area contributed by atoms with E-state index in [-0.39, 0.29) is 17.6 Å². The zero-order valence-electron chi connectivity index (χ0n) is 15.1. The van der Waals surface area contributed by atoms with Crippen molar-refractivity contribution >= 4 is 35.0 Å². The fourth-order valence-electron chi connectivity index (χ4n) is 2.30. The number of thioether (sulfide) groups is 1. The van der Waals surface area contributed by atoms with E-state index in [4.69, 9.17) is 4.74 Å². The summed E-state index contributed by atoms with van der Waals surface area (Å²) >= 11 is 1.42. The molecule has 0 atom stereocenters. The standard InChI is InChI=1S/C20H24N2O3S/c1-3-8-19(23)21-15-9-7-10-16(13-15)26-14-20(24)22-17-11-5-6-12-18(17)25-4-2/h5-7,9-13H,3-4,8,14H2,1-2H3,(H,21,23)(H,22,24). The second kappa shape index (κ2) is 10.5. The summed E-state index contributed by atoms with van der Waals surface area (Å²) in [5.74, 6) is 0.823. The Balaban J connectivity index is 1.90. The predicted octanol–water partition coefficient (Wildman–Crippen LogP) is 4.55. The van der Waals surface area contributed by atoms with Crippen molar-refractivity contribution in [1.29, 1.82) is 0 Å². The molecule has 2 amide bonds. The van der Waals surface area contributed by atoms with E-state index in [2.05, 4.69) is 10.6 Å². The molecule has 0 bridgehead atoms. The number of ether oxygens (including phenoxy) is 1. The highest BCUT2D eigenvalue weighted by Gasteiger charge is 2.08. The van der Waals surface area contributed by atoms with Gasteiger partial charge >= 0.3 is 0 Å². The molecule has 0 aliphatic rings. The molecule has 0 aliphatic heterocycles. The number of benzene rings is 2. The Kier molecular flexibility index (Phi) is 8.02. The molecule has 6 heteroatoms. The van der Waals surface area contributed by atoms with E-state index in [1.807, 2.05) is 62.4 Å². The summed E-state index contributed by atoms with van der Waals surface area (Å²) in [5, 5.41) is 5.74. The summed E-state index contributed by atoms with van der Waals surface area (Å²) in [6.07, 6.45) is 1.31. The molecule has 5 nitrogen and oxygen atoms in total. The van der Waals surface area contributed by atoms with Gasteiger partial charge in [-0.05, 0) is 43.7 Å². The van der Waals surface area contributed by atoms with E-state index < -0.39 is 0 Å². The minimum atomic E-state index is -0.109. The zero-order chi connectivity index (χ0) is 18.8. The smallest absolute Gasteiger partial charge is 0.234 e. The van der Waals surface area contributed by atoms with Gasteiger partial charge in [0.05, 0.1) is 18.0 Å². The van der Waals surface area contributed by atoms with Gasteiger partial charge in [0, 0.05) is 17.0 Å². The van der Waals surface area contributed by atoms with Crippen molar-refractivity contribution in [2.45, 2.75) is 31.6 Å². The molecule has 0 radical (unpaired) electrons. The molecule has 0 aliphatic carbocycles. The Hall–Kier alpha value is -2.47. The Bertz CT molecular complexity index is 749. The monoisotopic (exact) mass is 372 g/mol. The highest BCUT2D eigenvalue weighted by atomic mass is 32.2. The van der Waals surface area contributed by atoms with Crippen LogP contribution in [0, 0.1) is 0 Å². The molecular weight excluding hydrogens is 348 g/mol. The van der Waals surface area contributed by atoms with Crippen LogP contribution in [0.1, 0.15) is 26.7 Å². The number of amides is 2. The Morgan fingerprint density at radius 2 is 1.81 bits per heavy atom. The molecule has 0 unspecified atom stereocenters. The molecule has 2 N–H and O–H groups in total. The van der Waals surface area contributed by atoms with Gasteiger partial charge in [0.1, 0.15) is 5.75 Å². The summed E-state index contributed by atoms with van der Waals surface area (Å²) in [5.41, 5.74) is 1.41. The third kappa shape index (κ3) is 6.44. The maximum Gasteiger partial charge on any atom is 0.234 e. The van der Waals surface area contributed by atoms with Crippen LogP contribution in [0.4, 0.5) is 11.4 Å². The van der Waals surface area contributed by atoms with E-state index in [0.29, 0.717) is 24.5 Å². The average molecular weight is 372 g/mol. The molecule has 2 aromatic rings. The minimum Gasteiger partial charge on any atom is -0.492 e. The largest absolute Gasteiger partial charge is 0.492 e. The Labute approximate surface area is 158 Å². The summed E-state index contributed by atoms with van der Waals surface area (Å²) < 4.78 is 5.51. The molecular formula is C20H24N2O3S. The van der Waals surface area contributed by atoms with Gasteiger partial charge in [0.15, 0.2) is 0 Å². The highest BCUT2D eigenvalue weighted by Crippen LogP contribution is 2.25. The first-order chi connectivity index (χ1) is 12.6. The molecule has 0 saturated carbocycles. The lowest BCUT2D eigenvalue weighted by atomic mass is 10.3. The number of para-hydroxylation sites is 2. The van der Waals surface area contributed by atoms with Crippen LogP contribution in [-0.2, 0) is 9.59 Å². The number of anilines is 2. The van der Waals surface area contributed by atoms with Gasteiger partial charge in [0.25, 0.3) is 0 Å². The van der Waals surface area contributed by atoms with Crippen molar-refractivity contribution in [3.63, 3.8) is 0 Å². The van der Waals surface area contributed by atoms with Gasteiger partial charge in [-0.15, -0.1) is 11.8 Å². The topological polar surface area (TPSA) is 67.4 Å². The number of hydrogen-bond acceptors (Lipinski definition) is 4. The second-order valence-corrected chi connectivity index (χ2v) is 6.64. The third-order valence-corrected chi connectivity index (χ3v) is 4.42. The Morgan fingerprint density at radius 3 is 2.58 bits per heavy atom. The molecule has 0 heterocycles. The number of hydrogen-bond donors (Lipinski definition) is 2. The Morgan fingerprint density at radius 1 is 1.00 bits per heavy atom. The van der Waals surface area contributed by atoms with Gasteiger partial charge in [-0.3, -0.25) is 9.59 Å². The van der Waals surface area contributed by atoms with Gasteiger partial charge in [-0.25, -0.2) is 0 Å². The number of rotatable bonds is 9. The van der Waals surface area contributed by atoms with Crippen molar-refractivity contribution in [2.75, 3.05) is 23.0 Å². The molecule has 26 heavy (non-hydrogen) atoms. The molecule has 0 aromatic heterocycles. The molecule has 138 valence electrons. The maximum atomic E-state index is 12.2. The fourth-order valence-corrected chi connectivity index (χ4v) is 3.06. The SMILES string of the molecule is CCCC(=O)Nc1cccc(SCC(=O)Nc2ccccc2OCC)c1. The van der Waals surface area contributed by atoms with Crippen LogP contribution in [0.15, 0.2) is 53.4 Å². The van der Waals surface area contributed by atoms with E-state index in [0.717, 1.165) is 17.0 Å². The van der Waals surface area contributed by atoms with Crippen LogP contribution in [-0.4, -0.2) is 24.2 Å². The third-order valence-electron chi connectivity index (χ3n) is 3.43. The lowest BCUT2D eigenvalue weighted by Gasteiger charge is -2.11. The predicted molar refractivity (Wildman–Crippen MR) is 107 cm³/mol. The molecule has 0 fully saturated rings. The van der Waals surface area contributed by atoms with Gasteiger partial charge in [-0.1, -0.05) is 25.1 Å². The maximum absolute atomic E-state index is 12.2. The van der Waals surface area contributed by atoms with Crippen molar-refractivity contribution in [3.05, 3.63) is 48.5 Å². The number of carbonyl (C=O) groups is 2. The minimum absolute atomic E-state index is 0.0000702. The summed E-state index contributed by atoms with van der Waals surface area (Å²) in [4.78, 5) is 24.8. The molecule has 2 rings (SSSR count). The number of nitrogens with one attached hydrogen (secondary N) is 2. The average Bonchev–Trinajstić information content (AvgIpc) is 2.62. The van der Waals surface area contributed by atoms with Crippen molar-refractivity contribution in [1.82, 2.24) is 0 Å². The second-order valence-electron chi connectivity index (χ2n) is 5.59. The lowest BCUT2D eigenvalue weighted by Crippen LogP contribution is -2.15. The number of carbonyl (C=O) groups excluding carboxylic acids is 2. The quantitative estimate of drug-likeness (QED) is 0.634. The molecule has 0 saturated heterocycles. The first-order valence-electron chi connectivity index (χ1n) is 8.66. The van der Waals surface area contributed by atoms with Gasteiger partial charge in [-0.2, -0.15) is 0 Å². The first kappa shape index (κ1) is 19.8. The van der Waals surface area contributed by atoms with Crippen LogP contribution >= 0.6 is 11.8 Å². The van der Waals surface area contributed by atoms with Gasteiger partial charge in [0.2, 0.25) is 11.8 Å². The lowest BCUT2D eigenvalue weighted by molar-refractivity contribution is -0.116. The molecule has 0 spiro atoms. The summed E-state index contributed by atoms with van der Waals surface area (Å²) in [6, 6.07) is 14.9. The highest BCUT2D eigenvalue weighted by molar-refractivity contribution is 8.00. The van der Waals surface area contributed by atoms with Crippen LogP contribution in [0.2, 0.25) is 0 Å². The summed E-state index contributed by atoms with van der Waals surface area (Å²) in [7, 11) is 0.